The van der Waals surface area contributed by atoms with E-state index in [9.17, 15) is 0 Å². The molecule has 3 nitrogen and oxygen atoms in total. The van der Waals surface area contributed by atoms with E-state index in [1.54, 1.807) is 0 Å². The first-order valence-electron chi connectivity index (χ1n) is 11.1. The summed E-state index contributed by atoms with van der Waals surface area (Å²) >= 11 is 6.24. The predicted molar refractivity (Wildman–Crippen MR) is 126 cm³/mol. The zero-order chi connectivity index (χ0) is 20.6. The maximum Gasteiger partial charge on any atom is 0.141 e. The Labute approximate surface area is 180 Å². The van der Waals surface area contributed by atoms with Gasteiger partial charge in [0.25, 0.3) is 0 Å². The van der Waals surface area contributed by atoms with Gasteiger partial charge in [0.2, 0.25) is 0 Å². The molecule has 29 heavy (non-hydrogen) atoms. The second-order valence-electron chi connectivity index (χ2n) is 7.99. The lowest BCUT2D eigenvalue weighted by Crippen LogP contribution is -2.28. The van der Waals surface area contributed by atoms with Gasteiger partial charge in [0, 0.05) is 17.1 Å². The van der Waals surface area contributed by atoms with Gasteiger partial charge in [0.05, 0.1) is 11.0 Å². The van der Waals surface area contributed by atoms with Crippen LogP contribution in [-0.4, -0.2) is 34.1 Å². The van der Waals surface area contributed by atoms with Crippen LogP contribution in [0, 0.1) is 6.92 Å². The lowest BCUT2D eigenvalue weighted by molar-refractivity contribution is 0.258. The van der Waals surface area contributed by atoms with E-state index in [0.29, 0.717) is 0 Å². The minimum absolute atomic E-state index is 0.739. The average Bonchev–Trinajstić information content (AvgIpc) is 3.07. The second kappa shape index (κ2) is 10.8. The Morgan fingerprint density at radius 1 is 0.931 bits per heavy atom. The van der Waals surface area contributed by atoms with E-state index in [2.05, 4.69) is 60.6 Å². The molecule has 0 bridgehead atoms. The summed E-state index contributed by atoms with van der Waals surface area (Å²) in [5, 5.41) is 0.739. The fourth-order valence-electron chi connectivity index (χ4n) is 3.89. The Bertz CT molecular complexity index is 908. The number of hydrogen-bond donors (Lipinski definition) is 0. The van der Waals surface area contributed by atoms with Crippen LogP contribution in [0.25, 0.3) is 22.4 Å². The number of unbranched alkanes of at least 4 members (excludes halogenated alkanes) is 2. The van der Waals surface area contributed by atoms with Crippen LogP contribution in [0.2, 0.25) is 5.02 Å². The molecule has 0 unspecified atom stereocenters. The smallest absolute Gasteiger partial charge is 0.141 e. The summed E-state index contributed by atoms with van der Waals surface area (Å²) in [5.74, 6) is 1.04. The summed E-state index contributed by atoms with van der Waals surface area (Å²) < 4.78 is 2.37. The van der Waals surface area contributed by atoms with E-state index in [1.165, 1.54) is 55.4 Å². The van der Waals surface area contributed by atoms with Crippen LogP contribution in [0.3, 0.4) is 0 Å². The first kappa shape index (κ1) is 21.9. The highest BCUT2D eigenvalue weighted by Gasteiger charge is 2.14. The highest BCUT2D eigenvalue weighted by Crippen LogP contribution is 2.27. The number of aromatic nitrogens is 2. The molecule has 156 valence electrons. The summed E-state index contributed by atoms with van der Waals surface area (Å²) in [7, 11) is 0. The standard InChI is InChI=1S/C25H34ClN3/c1-4-6-14-28(15-7-5-2)16-9-17-29-24-13-12-22(26)19-23(24)27-25(29)21-11-8-10-20(3)18-21/h8,10-13,18-19H,4-7,9,14-17H2,1-3H3. The minimum atomic E-state index is 0.739. The molecule has 1 aromatic heterocycles. The van der Waals surface area contributed by atoms with Crippen molar-refractivity contribution < 1.29 is 0 Å². The number of halogens is 1. The van der Waals surface area contributed by atoms with Crippen LogP contribution < -0.4 is 0 Å². The molecule has 0 aliphatic carbocycles. The summed E-state index contributed by atoms with van der Waals surface area (Å²) in [6, 6.07) is 14.7. The Hall–Kier alpha value is -1.84. The summed E-state index contributed by atoms with van der Waals surface area (Å²) in [5.41, 5.74) is 4.57. The van der Waals surface area contributed by atoms with Crippen molar-refractivity contribution >= 4 is 22.6 Å². The van der Waals surface area contributed by atoms with Gasteiger partial charge in [-0.1, -0.05) is 62.1 Å². The number of aryl methyl sites for hydroxylation is 2. The predicted octanol–water partition coefficient (Wildman–Crippen LogP) is 6.96. The third kappa shape index (κ3) is 5.83. The van der Waals surface area contributed by atoms with Crippen molar-refractivity contribution in [3.05, 3.63) is 53.1 Å². The third-order valence-corrected chi connectivity index (χ3v) is 5.73. The molecule has 0 N–H and O–H groups in total. The summed E-state index contributed by atoms with van der Waals surface area (Å²) in [4.78, 5) is 7.58. The molecule has 0 aliphatic heterocycles. The van der Waals surface area contributed by atoms with E-state index < -0.39 is 0 Å². The van der Waals surface area contributed by atoms with Gasteiger partial charge in [-0.05, 0) is 70.1 Å². The van der Waals surface area contributed by atoms with Gasteiger partial charge in [-0.25, -0.2) is 4.98 Å². The Kier molecular flexibility index (Phi) is 8.14. The minimum Gasteiger partial charge on any atom is -0.324 e. The molecule has 0 saturated carbocycles. The summed E-state index contributed by atoms with van der Waals surface area (Å²) in [6.07, 6.45) is 6.20. The zero-order valence-electron chi connectivity index (χ0n) is 18.1. The zero-order valence-corrected chi connectivity index (χ0v) is 18.9. The summed E-state index contributed by atoms with van der Waals surface area (Å²) in [6.45, 7) is 11.2. The largest absolute Gasteiger partial charge is 0.324 e. The van der Waals surface area contributed by atoms with Gasteiger partial charge in [-0.2, -0.15) is 0 Å². The van der Waals surface area contributed by atoms with Crippen molar-refractivity contribution in [2.45, 2.75) is 59.4 Å². The quantitative estimate of drug-likeness (QED) is 0.340. The van der Waals surface area contributed by atoms with Crippen LogP contribution in [0.15, 0.2) is 42.5 Å². The fourth-order valence-corrected chi connectivity index (χ4v) is 4.05. The molecule has 0 aliphatic rings. The van der Waals surface area contributed by atoms with Gasteiger partial charge >= 0.3 is 0 Å². The van der Waals surface area contributed by atoms with Crippen LogP contribution in [0.4, 0.5) is 0 Å². The molecule has 3 aromatic rings. The van der Waals surface area contributed by atoms with Gasteiger partial charge in [0.1, 0.15) is 5.82 Å². The molecule has 0 radical (unpaired) electrons. The molecule has 0 fully saturated rings. The number of hydrogen-bond acceptors (Lipinski definition) is 2. The fraction of sp³-hybridized carbons (Fsp3) is 0.480. The van der Waals surface area contributed by atoms with E-state index in [1.807, 2.05) is 12.1 Å². The topological polar surface area (TPSA) is 21.1 Å². The highest BCUT2D eigenvalue weighted by atomic mass is 35.5. The van der Waals surface area contributed by atoms with Crippen molar-refractivity contribution in [3.63, 3.8) is 0 Å². The Morgan fingerprint density at radius 2 is 1.66 bits per heavy atom. The maximum atomic E-state index is 6.24. The first-order valence-corrected chi connectivity index (χ1v) is 11.4. The van der Waals surface area contributed by atoms with Crippen LogP contribution in [0.5, 0.6) is 0 Å². The lowest BCUT2D eigenvalue weighted by atomic mass is 10.1. The molecule has 0 saturated heterocycles. The SMILES string of the molecule is CCCCN(CCCC)CCCn1c(-c2cccc(C)c2)nc2cc(Cl)ccc21. The molecule has 4 heteroatoms. The first-order chi connectivity index (χ1) is 14.1. The van der Waals surface area contributed by atoms with Crippen LogP contribution in [0.1, 0.15) is 51.5 Å². The number of fused-ring (bicyclic) bond motifs is 1. The highest BCUT2D eigenvalue weighted by molar-refractivity contribution is 6.31. The van der Waals surface area contributed by atoms with Crippen molar-refractivity contribution in [2.75, 3.05) is 19.6 Å². The molecular weight excluding hydrogens is 378 g/mol. The average molecular weight is 412 g/mol. The lowest BCUT2D eigenvalue weighted by Gasteiger charge is -2.22. The number of nitrogens with zero attached hydrogens (tertiary/aromatic N) is 3. The molecular formula is C25H34ClN3. The Morgan fingerprint density at radius 3 is 2.34 bits per heavy atom. The Balaban J connectivity index is 1.82. The third-order valence-electron chi connectivity index (χ3n) is 5.50. The normalized spacial score (nSPS) is 11.6. The van der Waals surface area contributed by atoms with E-state index in [0.717, 1.165) is 35.9 Å². The molecule has 2 aromatic carbocycles. The van der Waals surface area contributed by atoms with Gasteiger partial charge in [-0.15, -0.1) is 0 Å². The molecule has 1 heterocycles. The number of benzene rings is 2. The van der Waals surface area contributed by atoms with Crippen molar-refractivity contribution in [2.24, 2.45) is 0 Å². The molecule has 3 rings (SSSR count). The van der Waals surface area contributed by atoms with Crippen molar-refractivity contribution in [1.29, 1.82) is 0 Å². The van der Waals surface area contributed by atoms with Gasteiger partial charge < -0.3 is 9.47 Å². The molecule has 0 atom stereocenters. The van der Waals surface area contributed by atoms with Gasteiger partial charge in [-0.3, -0.25) is 0 Å². The van der Waals surface area contributed by atoms with E-state index in [4.69, 9.17) is 16.6 Å². The maximum absolute atomic E-state index is 6.24. The number of rotatable bonds is 11. The number of imidazole rings is 1. The molecule has 0 amide bonds. The van der Waals surface area contributed by atoms with Crippen molar-refractivity contribution in [1.82, 2.24) is 14.5 Å². The molecule has 0 spiro atoms. The second-order valence-corrected chi connectivity index (χ2v) is 8.43. The van der Waals surface area contributed by atoms with Crippen LogP contribution >= 0.6 is 11.6 Å². The van der Waals surface area contributed by atoms with Crippen molar-refractivity contribution in [3.8, 4) is 11.4 Å². The van der Waals surface area contributed by atoms with E-state index >= 15 is 0 Å². The van der Waals surface area contributed by atoms with E-state index in [-0.39, 0.29) is 0 Å². The van der Waals surface area contributed by atoms with Gasteiger partial charge in [0.15, 0.2) is 0 Å². The van der Waals surface area contributed by atoms with Crippen LogP contribution in [-0.2, 0) is 6.54 Å². The monoisotopic (exact) mass is 411 g/mol.